The SMILES string of the molecule is CC(C)(C)OC(=O)NOC(C)(C(=O)OC(C)(C)C)[C@H]1CCc2cc(/C(=N/O)NC3(CCNC(=O)OCc4ccccc4)CC3)ccc2O1. The van der Waals surface area contributed by atoms with E-state index in [2.05, 4.69) is 21.3 Å². The molecule has 2 amide bonds. The molecular weight excluding hydrogens is 620 g/mol. The van der Waals surface area contributed by atoms with E-state index in [-0.39, 0.29) is 12.1 Å². The van der Waals surface area contributed by atoms with Crippen LogP contribution < -0.4 is 20.9 Å². The van der Waals surface area contributed by atoms with Gasteiger partial charge in [-0.05, 0) is 110 Å². The zero-order chi connectivity index (χ0) is 35.2. The molecule has 0 radical (unpaired) electrons. The first-order valence-corrected chi connectivity index (χ1v) is 16.2. The molecule has 2 atom stereocenters. The van der Waals surface area contributed by atoms with Crippen LogP contribution in [0.1, 0.15) is 90.8 Å². The quantitative estimate of drug-likeness (QED) is 0.0599. The molecule has 0 saturated heterocycles. The van der Waals surface area contributed by atoms with Crippen molar-refractivity contribution in [1.29, 1.82) is 0 Å². The fourth-order valence-corrected chi connectivity index (χ4v) is 5.16. The topological polar surface area (TPSA) is 166 Å². The Morgan fingerprint density at radius 2 is 1.65 bits per heavy atom. The summed E-state index contributed by atoms with van der Waals surface area (Å²) in [4.78, 5) is 43.7. The zero-order valence-corrected chi connectivity index (χ0v) is 28.8. The molecule has 0 bridgehead atoms. The van der Waals surface area contributed by atoms with Crippen LogP contribution in [0.2, 0.25) is 0 Å². The first kappa shape index (κ1) is 36.3. The lowest BCUT2D eigenvalue weighted by Gasteiger charge is -2.39. The number of amidine groups is 1. The minimum atomic E-state index is -1.71. The van der Waals surface area contributed by atoms with E-state index in [0.717, 1.165) is 24.0 Å². The van der Waals surface area contributed by atoms with Gasteiger partial charge in [0.1, 0.15) is 29.7 Å². The molecule has 1 heterocycles. The minimum Gasteiger partial charge on any atom is -0.486 e. The molecular formula is C35H48N4O9. The molecule has 1 fully saturated rings. The second-order valence-corrected chi connectivity index (χ2v) is 14.4. The highest BCUT2D eigenvalue weighted by molar-refractivity contribution is 5.99. The van der Waals surface area contributed by atoms with E-state index < -0.39 is 41.1 Å². The normalized spacial score (nSPS) is 18.2. The summed E-state index contributed by atoms with van der Waals surface area (Å²) in [5, 5.41) is 19.6. The van der Waals surface area contributed by atoms with Gasteiger partial charge in [-0.25, -0.2) is 19.2 Å². The van der Waals surface area contributed by atoms with Crippen LogP contribution in [0, 0.1) is 0 Å². The number of rotatable bonds is 11. The highest BCUT2D eigenvalue weighted by atomic mass is 16.7. The van der Waals surface area contributed by atoms with Gasteiger partial charge in [0.25, 0.3) is 0 Å². The minimum absolute atomic E-state index is 0.191. The van der Waals surface area contributed by atoms with Gasteiger partial charge in [-0.3, -0.25) is 0 Å². The Kier molecular flexibility index (Phi) is 11.1. The number of oxime groups is 1. The van der Waals surface area contributed by atoms with Gasteiger partial charge in [0.15, 0.2) is 5.84 Å². The number of carbonyl (C=O) groups is 3. The molecule has 0 spiro atoms. The number of nitrogens with zero attached hydrogens (tertiary/aromatic N) is 1. The van der Waals surface area contributed by atoms with Crippen molar-refractivity contribution in [3.8, 4) is 5.75 Å². The van der Waals surface area contributed by atoms with Gasteiger partial charge in [-0.2, -0.15) is 5.48 Å². The van der Waals surface area contributed by atoms with Gasteiger partial charge in [-0.1, -0.05) is 35.5 Å². The number of hydrogen-bond donors (Lipinski definition) is 4. The number of amides is 2. The highest BCUT2D eigenvalue weighted by Gasteiger charge is 2.50. The molecule has 2 aromatic rings. The summed E-state index contributed by atoms with van der Waals surface area (Å²) in [5.74, 6) is 0.110. The summed E-state index contributed by atoms with van der Waals surface area (Å²) < 4.78 is 22.5. The van der Waals surface area contributed by atoms with E-state index in [1.807, 2.05) is 36.4 Å². The van der Waals surface area contributed by atoms with Crippen LogP contribution in [0.15, 0.2) is 53.7 Å². The summed E-state index contributed by atoms with van der Waals surface area (Å²) in [6.45, 7) is 12.4. The third kappa shape index (κ3) is 10.2. The van der Waals surface area contributed by atoms with Gasteiger partial charge in [0.05, 0.1) is 0 Å². The molecule has 262 valence electrons. The summed E-state index contributed by atoms with van der Waals surface area (Å²) in [7, 11) is 0. The maximum absolute atomic E-state index is 13.4. The van der Waals surface area contributed by atoms with Gasteiger partial charge < -0.3 is 34.8 Å². The van der Waals surface area contributed by atoms with Crippen LogP contribution in [-0.2, 0) is 36.9 Å². The van der Waals surface area contributed by atoms with Crippen LogP contribution in [0.3, 0.4) is 0 Å². The second kappa shape index (κ2) is 14.7. The van der Waals surface area contributed by atoms with Crippen molar-refractivity contribution in [3.05, 3.63) is 65.2 Å². The van der Waals surface area contributed by atoms with Crippen molar-refractivity contribution in [1.82, 2.24) is 16.1 Å². The molecule has 0 aromatic heterocycles. The molecule has 2 aromatic carbocycles. The number of aryl methyl sites for hydroxylation is 1. The fraction of sp³-hybridized carbons (Fsp3) is 0.543. The van der Waals surface area contributed by atoms with Crippen molar-refractivity contribution in [2.75, 3.05) is 6.54 Å². The second-order valence-electron chi connectivity index (χ2n) is 14.4. The van der Waals surface area contributed by atoms with E-state index in [4.69, 9.17) is 23.8 Å². The Hall–Kier alpha value is -4.52. The Labute approximate surface area is 281 Å². The third-order valence-corrected chi connectivity index (χ3v) is 7.87. The van der Waals surface area contributed by atoms with E-state index in [0.29, 0.717) is 43.0 Å². The predicted molar refractivity (Wildman–Crippen MR) is 177 cm³/mol. The highest BCUT2D eigenvalue weighted by Crippen LogP contribution is 2.39. The molecule has 13 nitrogen and oxygen atoms in total. The number of alkyl carbamates (subject to hydrolysis) is 1. The van der Waals surface area contributed by atoms with E-state index in [1.54, 1.807) is 53.7 Å². The molecule has 4 rings (SSSR count). The van der Waals surface area contributed by atoms with Gasteiger partial charge in [-0.15, -0.1) is 0 Å². The van der Waals surface area contributed by atoms with Crippen molar-refractivity contribution in [2.24, 2.45) is 5.16 Å². The lowest BCUT2D eigenvalue weighted by atomic mass is 9.90. The molecule has 1 unspecified atom stereocenters. The first-order chi connectivity index (χ1) is 22.5. The van der Waals surface area contributed by atoms with Crippen LogP contribution in [0.25, 0.3) is 0 Å². The largest absolute Gasteiger partial charge is 0.486 e. The predicted octanol–water partition coefficient (Wildman–Crippen LogP) is 5.51. The summed E-state index contributed by atoms with van der Waals surface area (Å²) in [6, 6.07) is 14.8. The summed E-state index contributed by atoms with van der Waals surface area (Å²) in [5.41, 5.74) is 1.02. The van der Waals surface area contributed by atoms with E-state index in [1.165, 1.54) is 6.92 Å². The molecule has 13 heteroatoms. The molecule has 2 aliphatic rings. The maximum Gasteiger partial charge on any atom is 0.431 e. The smallest absolute Gasteiger partial charge is 0.431 e. The number of nitrogens with one attached hydrogen (secondary N) is 3. The Bertz CT molecular complexity index is 1480. The Morgan fingerprint density at radius 3 is 2.27 bits per heavy atom. The number of hydroxylamine groups is 1. The summed E-state index contributed by atoms with van der Waals surface area (Å²) in [6.07, 6.45) is 1.01. The average molecular weight is 669 g/mol. The monoisotopic (exact) mass is 668 g/mol. The lowest BCUT2D eigenvalue weighted by Crippen LogP contribution is -2.58. The van der Waals surface area contributed by atoms with Crippen molar-refractivity contribution >= 4 is 24.0 Å². The number of fused-ring (bicyclic) bond motifs is 1. The van der Waals surface area contributed by atoms with Gasteiger partial charge in [0.2, 0.25) is 5.60 Å². The standard InChI is InChI=1S/C35H48N4O9/c1-32(2,3)46-29(40)34(7,48-39-31(42)47-33(4,5)6)27-16-14-24-21-25(13-15-26(24)45-27)28(38-43)37-35(17-18-35)19-20-36-30(41)44-22-23-11-9-8-10-12-23/h8-13,15,21,27,43H,14,16-20,22H2,1-7H3,(H,36,41)(H,37,38)(H,39,42)/t27-,34?/m1/s1. The van der Waals surface area contributed by atoms with Gasteiger partial charge in [0, 0.05) is 17.6 Å². The van der Waals surface area contributed by atoms with E-state index in [9.17, 15) is 19.6 Å². The number of esters is 1. The first-order valence-electron chi connectivity index (χ1n) is 16.2. The zero-order valence-electron chi connectivity index (χ0n) is 28.8. The van der Waals surface area contributed by atoms with Crippen LogP contribution in [0.5, 0.6) is 5.75 Å². The molecule has 1 aliphatic heterocycles. The molecule has 48 heavy (non-hydrogen) atoms. The van der Waals surface area contributed by atoms with Crippen LogP contribution >= 0.6 is 0 Å². The van der Waals surface area contributed by atoms with Crippen molar-refractivity contribution in [2.45, 2.75) is 116 Å². The van der Waals surface area contributed by atoms with Crippen molar-refractivity contribution in [3.63, 3.8) is 0 Å². The maximum atomic E-state index is 13.4. The Balaban J connectivity index is 1.37. The number of hydrogen-bond acceptors (Lipinski definition) is 10. The molecule has 1 aliphatic carbocycles. The van der Waals surface area contributed by atoms with Crippen LogP contribution in [0.4, 0.5) is 9.59 Å². The van der Waals surface area contributed by atoms with Gasteiger partial charge >= 0.3 is 18.2 Å². The number of benzene rings is 2. The van der Waals surface area contributed by atoms with Crippen molar-refractivity contribution < 1.29 is 43.4 Å². The number of ether oxygens (including phenoxy) is 4. The van der Waals surface area contributed by atoms with E-state index >= 15 is 0 Å². The fourth-order valence-electron chi connectivity index (χ4n) is 5.16. The Morgan fingerprint density at radius 1 is 0.958 bits per heavy atom. The number of carbonyl (C=O) groups excluding carboxylic acids is 3. The third-order valence-electron chi connectivity index (χ3n) is 7.87. The average Bonchev–Trinajstić information content (AvgIpc) is 3.79. The summed E-state index contributed by atoms with van der Waals surface area (Å²) >= 11 is 0. The lowest BCUT2D eigenvalue weighted by molar-refractivity contribution is -0.205. The van der Waals surface area contributed by atoms with Crippen LogP contribution in [-0.4, -0.2) is 64.2 Å². The molecule has 1 saturated carbocycles. The molecule has 4 N–H and O–H groups in total.